The first-order valence-electron chi connectivity index (χ1n) is 33.6. The predicted molar refractivity (Wildman–Crippen MR) is 375 cm³/mol. The number of ether oxygens (including phenoxy) is 6. The van der Waals surface area contributed by atoms with Crippen LogP contribution in [0.1, 0.15) is 38.3 Å². The van der Waals surface area contributed by atoms with Gasteiger partial charge in [0.1, 0.15) is 34.8 Å². The number of hydrogen-bond donors (Lipinski definition) is 3. The molecule has 31 heteroatoms. The highest BCUT2D eigenvalue weighted by Crippen LogP contribution is 2.38. The Kier molecular flexibility index (Phi) is 34.2. The minimum atomic E-state index is -2.92. The fourth-order valence-corrected chi connectivity index (χ4v) is 12.1. The largest absolute Gasteiger partial charge is 0.433 e. The molecule has 21 nitrogen and oxygen atoms in total. The van der Waals surface area contributed by atoms with Crippen LogP contribution in [0.2, 0.25) is 0 Å². The van der Waals surface area contributed by atoms with Crippen molar-refractivity contribution in [3.63, 3.8) is 0 Å². The van der Waals surface area contributed by atoms with Gasteiger partial charge in [-0.25, -0.2) is 0 Å². The monoisotopic (exact) mass is 1430 g/mol. The zero-order valence-electron chi connectivity index (χ0n) is 57.8. The Morgan fingerprint density at radius 3 is 0.911 bits per heavy atom. The number of para-hydroxylation sites is 3. The lowest BCUT2D eigenvalue weighted by Crippen LogP contribution is -2.47. The lowest BCUT2D eigenvalue weighted by molar-refractivity contribution is -0.0506. The highest BCUT2D eigenvalue weighted by Gasteiger charge is 2.27. The maximum Gasteiger partial charge on any atom is 0.387 e. The fourth-order valence-electron chi connectivity index (χ4n) is 12.1. The van der Waals surface area contributed by atoms with Gasteiger partial charge in [-0.3, -0.25) is 14.7 Å². The van der Waals surface area contributed by atoms with Gasteiger partial charge in [-0.2, -0.15) is 54.4 Å². The van der Waals surface area contributed by atoms with E-state index in [9.17, 15) is 54.4 Å². The molecular weight excluding hydrogens is 1340 g/mol. The van der Waals surface area contributed by atoms with Gasteiger partial charge in [-0.15, -0.1) is 6.58 Å². The summed E-state index contributed by atoms with van der Waals surface area (Å²) in [6.07, 6.45) is 2.99. The number of nitrogens with two attached hydrogens (primary N) is 3. The van der Waals surface area contributed by atoms with Crippen molar-refractivity contribution < 1.29 is 72.3 Å². The zero-order chi connectivity index (χ0) is 73.4. The third kappa shape index (κ3) is 25.4. The van der Waals surface area contributed by atoms with Gasteiger partial charge in [0.2, 0.25) is 0 Å². The minimum absolute atomic E-state index is 0.0318. The van der Waals surface area contributed by atoms with E-state index in [4.69, 9.17) is 21.9 Å². The second kappa shape index (κ2) is 42.5. The summed E-state index contributed by atoms with van der Waals surface area (Å²) in [6, 6.07) is 28.6. The molecule has 556 valence electrons. The van der Waals surface area contributed by atoms with Crippen molar-refractivity contribution in [1.82, 2.24) is 24.5 Å². The SMILES string of the molecule is C=CCN1CCN(c2cccc(OC(F)F)c2N)CC1.CCCN1CCN(c2cccc(OC(F)F)c2C#N)CC1.CCN1CCN(c2cccc(OC(F)F)c2C#N)CC1.CCN1CCN(c2cccc(OC(F)F)c2N)CC1.COCCN1CCN(c2cccc(OC(F)F)c2N)CC1. The predicted octanol–water partition coefficient (Wildman–Crippen LogP) is 10.8. The number of halogens is 10. The van der Waals surface area contributed by atoms with Gasteiger partial charge in [0.05, 0.1) is 52.1 Å². The van der Waals surface area contributed by atoms with Gasteiger partial charge in [0.25, 0.3) is 0 Å². The highest BCUT2D eigenvalue weighted by atomic mass is 19.3. The molecule has 101 heavy (non-hydrogen) atoms. The van der Waals surface area contributed by atoms with Crippen LogP contribution in [0.3, 0.4) is 0 Å². The molecule has 6 N–H and O–H groups in total. The van der Waals surface area contributed by atoms with E-state index in [1.54, 1.807) is 49.6 Å². The van der Waals surface area contributed by atoms with Crippen LogP contribution in [0, 0.1) is 22.7 Å². The van der Waals surface area contributed by atoms with E-state index in [1.165, 1.54) is 30.3 Å². The number of rotatable bonds is 24. The van der Waals surface area contributed by atoms with Gasteiger partial charge in [0.15, 0.2) is 17.2 Å². The van der Waals surface area contributed by atoms with Gasteiger partial charge >= 0.3 is 33.1 Å². The first-order valence-corrected chi connectivity index (χ1v) is 33.6. The van der Waals surface area contributed by atoms with Crippen molar-refractivity contribution in [3.8, 4) is 40.9 Å². The Hall–Kier alpha value is -8.72. The topological polar surface area (TPSA) is 213 Å². The van der Waals surface area contributed by atoms with Crippen molar-refractivity contribution in [2.45, 2.75) is 60.2 Å². The number of anilines is 8. The van der Waals surface area contributed by atoms with E-state index in [1.807, 2.05) is 41.3 Å². The molecule has 5 aliphatic rings. The molecule has 0 bridgehead atoms. The lowest BCUT2D eigenvalue weighted by Gasteiger charge is -2.36. The van der Waals surface area contributed by atoms with E-state index >= 15 is 0 Å². The molecule has 5 heterocycles. The lowest BCUT2D eigenvalue weighted by atomic mass is 10.1. The van der Waals surface area contributed by atoms with Gasteiger partial charge in [-0.05, 0) is 86.7 Å². The molecule has 5 aromatic rings. The van der Waals surface area contributed by atoms with Crippen LogP contribution in [0.4, 0.5) is 89.4 Å². The third-order valence-corrected chi connectivity index (χ3v) is 17.4. The molecule has 0 spiro atoms. The Morgan fingerprint density at radius 2 is 0.644 bits per heavy atom. The number of likely N-dealkylation sites (N-methyl/N-ethyl adjacent to an activating group) is 2. The molecule has 10 rings (SSSR count). The van der Waals surface area contributed by atoms with Crippen molar-refractivity contribution in [1.29, 1.82) is 10.5 Å². The quantitative estimate of drug-likeness (QED) is 0.0298. The van der Waals surface area contributed by atoms with Crippen LogP contribution in [0.15, 0.2) is 104 Å². The van der Waals surface area contributed by atoms with Crippen molar-refractivity contribution in [2.24, 2.45) is 0 Å². The van der Waals surface area contributed by atoms with Crippen LogP contribution >= 0.6 is 0 Å². The normalized spacial score (nSPS) is 16.4. The van der Waals surface area contributed by atoms with Gasteiger partial charge in [0, 0.05) is 151 Å². The average Bonchev–Trinajstić information content (AvgIpc) is 0.865. The number of benzene rings is 5. The zero-order valence-corrected chi connectivity index (χ0v) is 57.8. The number of nitrogen functional groups attached to an aromatic ring is 3. The molecule has 0 saturated carbocycles. The first-order chi connectivity index (χ1) is 48.6. The summed E-state index contributed by atoms with van der Waals surface area (Å²) >= 11 is 0. The Labute approximate surface area is 585 Å². The molecule has 0 unspecified atom stereocenters. The molecule has 5 aromatic carbocycles. The number of nitriles is 2. The fraction of sp³-hybridized carbons (Fsp3) is 0.514. The van der Waals surface area contributed by atoms with E-state index in [0.717, 1.165) is 187 Å². The van der Waals surface area contributed by atoms with Crippen LogP contribution in [0.25, 0.3) is 0 Å². The van der Waals surface area contributed by atoms with Gasteiger partial charge in [-0.1, -0.05) is 57.2 Å². The number of hydrogen-bond acceptors (Lipinski definition) is 21. The summed E-state index contributed by atoms with van der Waals surface area (Å²) in [5.41, 5.74) is 22.6. The highest BCUT2D eigenvalue weighted by molar-refractivity contribution is 5.76. The molecule has 0 aromatic heterocycles. The number of piperazine rings is 5. The van der Waals surface area contributed by atoms with E-state index in [-0.39, 0.29) is 56.9 Å². The number of nitrogens with zero attached hydrogens (tertiary/aromatic N) is 12. The molecule has 0 atom stereocenters. The Balaban J connectivity index is 0.000000199. The van der Waals surface area contributed by atoms with Crippen molar-refractivity contribution in [3.05, 3.63) is 115 Å². The first kappa shape index (κ1) is 81.2. The van der Waals surface area contributed by atoms with E-state index in [0.29, 0.717) is 18.0 Å². The van der Waals surface area contributed by atoms with Gasteiger partial charge < -0.3 is 79.9 Å². The minimum Gasteiger partial charge on any atom is -0.433 e. The summed E-state index contributed by atoms with van der Waals surface area (Å²) < 4.78 is 151. The summed E-state index contributed by atoms with van der Waals surface area (Å²) in [6.45, 7) is 18.3. The molecule has 0 amide bonds. The Bertz CT molecular complexity index is 3340. The molecule has 5 fully saturated rings. The standard InChI is InChI=1S/C15H19F2N3O.C14H21F2N3O2.C14H17F2N3O.C14H19F2N3O.C13H19F2N3O/c1-2-6-19-7-9-20(10-8-19)13-4-3-5-14(12(13)11-18)21-15(16)17;1-20-10-9-18-5-7-19(8-6-18)11-3-2-4-12(13(11)17)21-14(15)16;1-2-18-6-8-19(9-7-18)12-4-3-5-13(11(12)10-17)20-14(15)16;1-2-6-18-7-9-19(10-8-18)11-4-3-5-12(13(11)17)20-14(15)16;1-2-17-6-8-18(9-7-17)10-4-3-5-11(12(10)16)19-13(14)15/h3-5,15H,2,6-10H2,1H3;2-4,14H,5-10,17H2,1H3;3-5,14H,2,6-9H2,1H3;2-5,14H,1,6-10,17H2;3-5,13H,2,6-9,16H2,1H3. The summed E-state index contributed by atoms with van der Waals surface area (Å²) in [5, 5.41) is 18.5. The van der Waals surface area contributed by atoms with Crippen molar-refractivity contribution >= 4 is 45.5 Å². The molecule has 5 aliphatic heterocycles. The van der Waals surface area contributed by atoms with E-state index in [2.05, 4.69) is 95.1 Å². The molecular formula is C70H95F10N15O6. The summed E-state index contributed by atoms with van der Waals surface area (Å²) in [5.74, 6) is -0.000311. The smallest absolute Gasteiger partial charge is 0.387 e. The molecule has 0 aliphatic carbocycles. The van der Waals surface area contributed by atoms with Crippen LogP contribution in [0.5, 0.6) is 28.7 Å². The maximum atomic E-state index is 12.4. The average molecular weight is 1430 g/mol. The molecule has 0 radical (unpaired) electrons. The Morgan fingerprint density at radius 1 is 0.386 bits per heavy atom. The number of alkyl halides is 10. The summed E-state index contributed by atoms with van der Waals surface area (Å²) in [7, 11) is 1.69. The van der Waals surface area contributed by atoms with Crippen LogP contribution < -0.4 is 65.4 Å². The molecule has 5 saturated heterocycles. The maximum absolute atomic E-state index is 12.4. The second-order valence-electron chi connectivity index (χ2n) is 23.6. The third-order valence-electron chi connectivity index (χ3n) is 17.4. The summed E-state index contributed by atoms with van der Waals surface area (Å²) in [4.78, 5) is 22.0. The van der Waals surface area contributed by atoms with Crippen molar-refractivity contribution in [2.75, 3.05) is 219 Å². The number of methoxy groups -OCH3 is 1. The van der Waals surface area contributed by atoms with Crippen LogP contribution in [-0.2, 0) is 4.74 Å². The van der Waals surface area contributed by atoms with E-state index < -0.39 is 33.1 Å². The second-order valence-corrected chi connectivity index (χ2v) is 23.6. The van der Waals surface area contributed by atoms with Crippen LogP contribution in [-0.4, -0.2) is 235 Å².